The molecule has 0 radical (unpaired) electrons. The minimum atomic E-state index is -0.149. The number of amides is 1. The summed E-state index contributed by atoms with van der Waals surface area (Å²) in [7, 11) is 1.90. The second-order valence-corrected chi connectivity index (χ2v) is 7.29. The number of piperidine rings is 1. The van der Waals surface area contributed by atoms with Crippen LogP contribution in [-0.2, 0) is 18.4 Å². The van der Waals surface area contributed by atoms with Crippen LogP contribution in [0.5, 0.6) is 11.6 Å². The average molecular weight is 391 g/mol. The maximum atomic E-state index is 12.9. The molecule has 150 valence electrons. The molecule has 1 atom stereocenters. The van der Waals surface area contributed by atoms with Crippen molar-refractivity contribution in [1.82, 2.24) is 19.7 Å². The van der Waals surface area contributed by atoms with Crippen LogP contribution in [0.25, 0.3) is 0 Å². The molecule has 1 N–H and O–H groups in total. The molecule has 4 rings (SSSR count). The van der Waals surface area contributed by atoms with Gasteiger partial charge in [-0.25, -0.2) is 4.98 Å². The van der Waals surface area contributed by atoms with Crippen LogP contribution in [0.2, 0.25) is 0 Å². The predicted octanol–water partition coefficient (Wildman–Crippen LogP) is 3.60. The minimum Gasteiger partial charge on any atom is -0.439 e. The Hall–Kier alpha value is -3.19. The summed E-state index contributed by atoms with van der Waals surface area (Å²) in [5.41, 5.74) is 1.79. The Balaban J connectivity index is 1.38. The van der Waals surface area contributed by atoms with E-state index in [4.69, 9.17) is 4.74 Å². The van der Waals surface area contributed by atoms with Crippen molar-refractivity contribution in [3.8, 4) is 11.6 Å². The molecule has 2 aromatic heterocycles. The van der Waals surface area contributed by atoms with Crippen molar-refractivity contribution < 1.29 is 9.53 Å². The Bertz CT molecular complexity index is 939. The van der Waals surface area contributed by atoms with Gasteiger partial charge in [0, 0.05) is 31.4 Å². The van der Waals surface area contributed by atoms with Gasteiger partial charge in [-0.2, -0.15) is 5.10 Å². The van der Waals surface area contributed by atoms with Crippen LogP contribution in [0.4, 0.5) is 5.69 Å². The van der Waals surface area contributed by atoms with Gasteiger partial charge < -0.3 is 10.1 Å². The molecule has 1 aromatic carbocycles. The number of pyridine rings is 1. The zero-order valence-electron chi connectivity index (χ0n) is 16.5. The van der Waals surface area contributed by atoms with Crippen LogP contribution >= 0.6 is 0 Å². The van der Waals surface area contributed by atoms with Gasteiger partial charge in [0.15, 0.2) is 0 Å². The summed E-state index contributed by atoms with van der Waals surface area (Å²) in [6, 6.07) is 12.9. The highest BCUT2D eigenvalue weighted by molar-refractivity contribution is 5.94. The third-order valence-corrected chi connectivity index (χ3v) is 5.03. The highest BCUT2D eigenvalue weighted by atomic mass is 16.5. The lowest BCUT2D eigenvalue weighted by atomic mass is 10.0. The normalized spacial score (nSPS) is 17.1. The first-order chi connectivity index (χ1) is 14.2. The molecule has 7 nitrogen and oxygen atoms in total. The summed E-state index contributed by atoms with van der Waals surface area (Å²) in [5.74, 6) is 1.22. The number of benzene rings is 1. The first kappa shape index (κ1) is 19.1. The van der Waals surface area contributed by atoms with Gasteiger partial charge in [0.2, 0.25) is 11.8 Å². The fraction of sp³-hybridized carbons (Fsp3) is 0.318. The number of likely N-dealkylation sites (tertiary alicyclic amines) is 1. The second kappa shape index (κ2) is 8.87. The topological polar surface area (TPSA) is 72.3 Å². The largest absolute Gasteiger partial charge is 0.439 e. The van der Waals surface area contributed by atoms with Gasteiger partial charge in [0.25, 0.3) is 0 Å². The monoisotopic (exact) mass is 391 g/mol. The molecule has 29 heavy (non-hydrogen) atoms. The van der Waals surface area contributed by atoms with E-state index in [0.29, 0.717) is 11.6 Å². The number of hydrogen-bond donors (Lipinski definition) is 1. The molecule has 0 spiro atoms. The molecule has 1 saturated heterocycles. The van der Waals surface area contributed by atoms with Gasteiger partial charge in [-0.05, 0) is 37.6 Å². The zero-order valence-corrected chi connectivity index (χ0v) is 16.5. The number of aromatic nitrogens is 3. The molecular formula is C22H25N5O2. The van der Waals surface area contributed by atoms with Gasteiger partial charge in [-0.15, -0.1) is 0 Å². The lowest BCUT2D eigenvalue weighted by Gasteiger charge is -2.34. The smallest absolute Gasteiger partial charge is 0.241 e. The Morgan fingerprint density at radius 1 is 1.17 bits per heavy atom. The maximum Gasteiger partial charge on any atom is 0.241 e. The minimum absolute atomic E-state index is 0.00659. The van der Waals surface area contributed by atoms with Crippen molar-refractivity contribution >= 4 is 11.6 Å². The molecule has 0 aliphatic carbocycles. The highest BCUT2D eigenvalue weighted by Crippen LogP contribution is 2.23. The van der Waals surface area contributed by atoms with Crippen LogP contribution in [0, 0.1) is 0 Å². The fourth-order valence-electron chi connectivity index (χ4n) is 3.61. The second-order valence-electron chi connectivity index (χ2n) is 7.29. The standard InChI is InChI=1S/C22H25N5O2/c1-26-15-17(13-24-26)16-27-12-6-5-9-20(27)22(28)25-18-10-11-21(23-14-18)29-19-7-3-2-4-8-19/h2-4,7-8,10-11,13-15,20H,5-6,9,12,16H2,1H3,(H,25,28). The third kappa shape index (κ3) is 5.00. The third-order valence-electron chi connectivity index (χ3n) is 5.03. The van der Waals surface area contributed by atoms with E-state index in [-0.39, 0.29) is 11.9 Å². The van der Waals surface area contributed by atoms with Crippen LogP contribution in [0.15, 0.2) is 61.1 Å². The van der Waals surface area contributed by atoms with Crippen LogP contribution < -0.4 is 10.1 Å². The number of ether oxygens (including phenoxy) is 1. The van der Waals surface area contributed by atoms with E-state index in [1.54, 1.807) is 16.9 Å². The maximum absolute atomic E-state index is 12.9. The van der Waals surface area contributed by atoms with Crippen molar-refractivity contribution in [1.29, 1.82) is 0 Å². The lowest BCUT2D eigenvalue weighted by molar-refractivity contribution is -0.122. The van der Waals surface area contributed by atoms with E-state index >= 15 is 0 Å². The van der Waals surface area contributed by atoms with Gasteiger partial charge in [-0.1, -0.05) is 24.6 Å². The average Bonchev–Trinajstić information content (AvgIpc) is 3.15. The molecule has 3 aromatic rings. The predicted molar refractivity (Wildman–Crippen MR) is 111 cm³/mol. The number of aryl methyl sites for hydroxylation is 1. The fourth-order valence-corrected chi connectivity index (χ4v) is 3.61. The van der Waals surface area contributed by atoms with E-state index in [1.165, 1.54) is 0 Å². The van der Waals surface area contributed by atoms with Gasteiger partial charge >= 0.3 is 0 Å². The van der Waals surface area contributed by atoms with Crippen molar-refractivity contribution in [2.45, 2.75) is 31.8 Å². The molecule has 1 fully saturated rings. The Kier molecular flexibility index (Phi) is 5.86. The van der Waals surface area contributed by atoms with E-state index in [0.717, 1.165) is 43.7 Å². The quantitative estimate of drug-likeness (QED) is 0.695. The summed E-state index contributed by atoms with van der Waals surface area (Å²) in [4.78, 5) is 19.4. The Morgan fingerprint density at radius 3 is 2.76 bits per heavy atom. The molecule has 3 heterocycles. The first-order valence-electron chi connectivity index (χ1n) is 9.89. The molecule has 1 aliphatic rings. The molecule has 1 amide bonds. The van der Waals surface area contributed by atoms with E-state index in [1.807, 2.05) is 55.8 Å². The number of anilines is 1. The summed E-state index contributed by atoms with van der Waals surface area (Å²) < 4.78 is 7.49. The number of rotatable bonds is 6. The molecule has 7 heteroatoms. The number of carbonyl (C=O) groups is 1. The van der Waals surface area contributed by atoms with E-state index < -0.39 is 0 Å². The number of hydrogen-bond acceptors (Lipinski definition) is 5. The lowest BCUT2D eigenvalue weighted by Crippen LogP contribution is -2.46. The number of nitrogens with one attached hydrogen (secondary N) is 1. The molecule has 0 saturated carbocycles. The number of carbonyl (C=O) groups excluding carboxylic acids is 1. The summed E-state index contributed by atoms with van der Waals surface area (Å²) >= 11 is 0. The van der Waals surface area contributed by atoms with E-state index in [2.05, 4.69) is 20.3 Å². The SMILES string of the molecule is Cn1cc(CN2CCCCC2C(=O)Nc2ccc(Oc3ccccc3)nc2)cn1. The molecule has 1 unspecified atom stereocenters. The highest BCUT2D eigenvalue weighted by Gasteiger charge is 2.29. The van der Waals surface area contributed by atoms with Crippen molar-refractivity contribution in [3.63, 3.8) is 0 Å². The molecular weight excluding hydrogens is 366 g/mol. The number of para-hydroxylation sites is 1. The summed E-state index contributed by atoms with van der Waals surface area (Å²) in [6.45, 7) is 1.64. The summed E-state index contributed by atoms with van der Waals surface area (Å²) in [5, 5.41) is 7.23. The molecule has 0 bridgehead atoms. The van der Waals surface area contributed by atoms with Gasteiger partial charge in [-0.3, -0.25) is 14.4 Å². The van der Waals surface area contributed by atoms with E-state index in [9.17, 15) is 4.79 Å². The van der Waals surface area contributed by atoms with Crippen molar-refractivity contribution in [2.24, 2.45) is 7.05 Å². The zero-order chi connectivity index (χ0) is 20.1. The Morgan fingerprint density at radius 2 is 2.03 bits per heavy atom. The molecule has 1 aliphatic heterocycles. The van der Waals surface area contributed by atoms with Crippen LogP contribution in [0.1, 0.15) is 24.8 Å². The van der Waals surface area contributed by atoms with Crippen LogP contribution in [0.3, 0.4) is 0 Å². The number of nitrogens with zero attached hydrogens (tertiary/aromatic N) is 4. The Labute approximate surface area is 170 Å². The van der Waals surface area contributed by atoms with Crippen molar-refractivity contribution in [3.05, 3.63) is 66.6 Å². The van der Waals surface area contributed by atoms with Gasteiger partial charge in [0.05, 0.1) is 24.1 Å². The summed E-state index contributed by atoms with van der Waals surface area (Å²) in [6.07, 6.45) is 8.51. The van der Waals surface area contributed by atoms with Crippen LogP contribution in [-0.4, -0.2) is 38.2 Å². The van der Waals surface area contributed by atoms with Crippen molar-refractivity contribution in [2.75, 3.05) is 11.9 Å². The van der Waals surface area contributed by atoms with Gasteiger partial charge in [0.1, 0.15) is 5.75 Å². The first-order valence-corrected chi connectivity index (χ1v) is 9.89.